The standard InChI is InChI=1S/C12H15NO2S/c1-9(14)16-7-3-4-10-8-11(13)5-6-12(10)15-2/h3-6,8H,7,13H2,1-2H3. The van der Waals surface area contributed by atoms with E-state index in [0.29, 0.717) is 11.4 Å². The van der Waals surface area contributed by atoms with Crippen LogP contribution in [0.25, 0.3) is 6.08 Å². The molecular weight excluding hydrogens is 222 g/mol. The summed E-state index contributed by atoms with van der Waals surface area (Å²) in [5, 5.41) is 0.115. The van der Waals surface area contributed by atoms with Gasteiger partial charge in [-0.1, -0.05) is 23.9 Å². The fourth-order valence-corrected chi connectivity index (χ4v) is 1.65. The predicted octanol–water partition coefficient (Wildman–Crippen LogP) is 2.57. The Morgan fingerprint density at radius 2 is 2.31 bits per heavy atom. The highest BCUT2D eigenvalue weighted by Crippen LogP contribution is 2.22. The summed E-state index contributed by atoms with van der Waals surface area (Å²) in [4.78, 5) is 10.7. The van der Waals surface area contributed by atoms with Gasteiger partial charge in [-0.3, -0.25) is 4.79 Å². The molecule has 0 aromatic heterocycles. The Balaban J connectivity index is 2.71. The normalized spacial score (nSPS) is 10.6. The van der Waals surface area contributed by atoms with Crippen molar-refractivity contribution in [3.05, 3.63) is 29.8 Å². The Labute approximate surface area is 99.7 Å². The van der Waals surface area contributed by atoms with E-state index >= 15 is 0 Å². The monoisotopic (exact) mass is 237 g/mol. The number of rotatable bonds is 4. The summed E-state index contributed by atoms with van der Waals surface area (Å²) in [7, 11) is 1.62. The molecule has 3 nitrogen and oxygen atoms in total. The number of ether oxygens (including phenoxy) is 1. The van der Waals surface area contributed by atoms with Crippen LogP contribution in [0.2, 0.25) is 0 Å². The van der Waals surface area contributed by atoms with Gasteiger partial charge in [0.25, 0.3) is 0 Å². The minimum atomic E-state index is 0.115. The zero-order chi connectivity index (χ0) is 12.0. The van der Waals surface area contributed by atoms with Gasteiger partial charge in [-0.2, -0.15) is 0 Å². The third-order valence-corrected chi connectivity index (χ3v) is 2.70. The Hall–Kier alpha value is -1.42. The minimum absolute atomic E-state index is 0.115. The number of nitrogen functional groups attached to an aromatic ring is 1. The van der Waals surface area contributed by atoms with Crippen molar-refractivity contribution in [3.8, 4) is 5.75 Å². The summed E-state index contributed by atoms with van der Waals surface area (Å²) in [5.74, 6) is 1.44. The molecule has 86 valence electrons. The van der Waals surface area contributed by atoms with Crippen molar-refractivity contribution in [1.29, 1.82) is 0 Å². The topological polar surface area (TPSA) is 52.3 Å². The molecule has 0 spiro atoms. The molecule has 0 aliphatic heterocycles. The van der Waals surface area contributed by atoms with E-state index in [1.165, 1.54) is 11.8 Å². The molecule has 0 bridgehead atoms. The molecule has 0 radical (unpaired) electrons. The second-order valence-electron chi connectivity index (χ2n) is 3.21. The highest BCUT2D eigenvalue weighted by atomic mass is 32.2. The molecule has 16 heavy (non-hydrogen) atoms. The first-order valence-corrected chi connectivity index (χ1v) is 5.85. The molecule has 0 atom stereocenters. The fourth-order valence-electron chi connectivity index (χ4n) is 1.22. The zero-order valence-corrected chi connectivity index (χ0v) is 10.2. The molecule has 0 heterocycles. The zero-order valence-electron chi connectivity index (χ0n) is 9.40. The Bertz CT molecular complexity index is 402. The highest BCUT2D eigenvalue weighted by molar-refractivity contribution is 8.13. The van der Waals surface area contributed by atoms with Crippen molar-refractivity contribution in [2.45, 2.75) is 6.92 Å². The van der Waals surface area contributed by atoms with Crippen LogP contribution < -0.4 is 10.5 Å². The van der Waals surface area contributed by atoms with Gasteiger partial charge in [0, 0.05) is 23.9 Å². The van der Waals surface area contributed by atoms with E-state index in [0.717, 1.165) is 11.3 Å². The lowest BCUT2D eigenvalue weighted by Gasteiger charge is -2.05. The quantitative estimate of drug-likeness (QED) is 0.818. The van der Waals surface area contributed by atoms with Crippen molar-refractivity contribution < 1.29 is 9.53 Å². The first kappa shape index (κ1) is 12.6. The van der Waals surface area contributed by atoms with Crippen LogP contribution in [0.1, 0.15) is 12.5 Å². The summed E-state index contributed by atoms with van der Waals surface area (Å²) in [5.41, 5.74) is 7.30. The van der Waals surface area contributed by atoms with Gasteiger partial charge in [-0.15, -0.1) is 0 Å². The predicted molar refractivity (Wildman–Crippen MR) is 69.6 cm³/mol. The number of hydrogen-bond donors (Lipinski definition) is 1. The molecule has 0 saturated heterocycles. The second-order valence-corrected chi connectivity index (χ2v) is 4.40. The lowest BCUT2D eigenvalue weighted by Crippen LogP contribution is -1.90. The van der Waals surface area contributed by atoms with Gasteiger partial charge >= 0.3 is 0 Å². The molecule has 2 N–H and O–H groups in total. The second kappa shape index (κ2) is 6.23. The minimum Gasteiger partial charge on any atom is -0.496 e. The van der Waals surface area contributed by atoms with Gasteiger partial charge in [0.2, 0.25) is 0 Å². The van der Waals surface area contributed by atoms with Crippen LogP contribution in [0.5, 0.6) is 5.75 Å². The fraction of sp³-hybridized carbons (Fsp3) is 0.250. The van der Waals surface area contributed by atoms with Gasteiger partial charge in [0.05, 0.1) is 7.11 Å². The molecule has 1 aromatic rings. The molecule has 0 saturated carbocycles. The summed E-state index contributed by atoms with van der Waals surface area (Å²) in [6, 6.07) is 5.46. The molecule has 0 aliphatic carbocycles. The van der Waals surface area contributed by atoms with Crippen molar-refractivity contribution in [1.82, 2.24) is 0 Å². The van der Waals surface area contributed by atoms with Crippen LogP contribution in [0.3, 0.4) is 0 Å². The summed E-state index contributed by atoms with van der Waals surface area (Å²) >= 11 is 1.27. The van der Waals surface area contributed by atoms with E-state index in [-0.39, 0.29) is 5.12 Å². The van der Waals surface area contributed by atoms with E-state index < -0.39 is 0 Å². The Kier molecular flexibility index (Phi) is 4.92. The van der Waals surface area contributed by atoms with Crippen LogP contribution in [0.15, 0.2) is 24.3 Å². The van der Waals surface area contributed by atoms with Crippen molar-refractivity contribution in [3.63, 3.8) is 0 Å². The first-order chi connectivity index (χ1) is 7.63. The number of carbonyl (C=O) groups excluding carboxylic acids is 1. The van der Waals surface area contributed by atoms with E-state index in [9.17, 15) is 4.79 Å². The molecule has 0 aliphatic rings. The number of thioether (sulfide) groups is 1. The van der Waals surface area contributed by atoms with Crippen LogP contribution >= 0.6 is 11.8 Å². The van der Waals surface area contributed by atoms with E-state index in [2.05, 4.69) is 0 Å². The largest absolute Gasteiger partial charge is 0.496 e. The van der Waals surface area contributed by atoms with Gasteiger partial charge < -0.3 is 10.5 Å². The molecule has 0 unspecified atom stereocenters. The maximum Gasteiger partial charge on any atom is 0.186 e. The Morgan fingerprint density at radius 1 is 1.56 bits per heavy atom. The maximum absolute atomic E-state index is 10.7. The molecule has 0 amide bonds. The van der Waals surface area contributed by atoms with Gasteiger partial charge in [0.1, 0.15) is 5.75 Å². The van der Waals surface area contributed by atoms with Gasteiger partial charge in [0.15, 0.2) is 5.12 Å². The van der Waals surface area contributed by atoms with E-state index in [1.54, 1.807) is 20.1 Å². The SMILES string of the molecule is COc1ccc(N)cc1C=CCSC(C)=O. The number of carbonyl (C=O) groups is 1. The number of methoxy groups -OCH3 is 1. The lowest BCUT2D eigenvalue weighted by molar-refractivity contribution is -0.109. The van der Waals surface area contributed by atoms with E-state index in [4.69, 9.17) is 10.5 Å². The average molecular weight is 237 g/mol. The molecule has 1 aromatic carbocycles. The average Bonchev–Trinajstić information content (AvgIpc) is 2.24. The third-order valence-electron chi connectivity index (χ3n) is 1.93. The number of anilines is 1. The van der Waals surface area contributed by atoms with Gasteiger partial charge in [-0.25, -0.2) is 0 Å². The van der Waals surface area contributed by atoms with Crippen molar-refractivity contribution >= 4 is 28.6 Å². The van der Waals surface area contributed by atoms with Gasteiger partial charge in [-0.05, 0) is 18.2 Å². The summed E-state index contributed by atoms with van der Waals surface area (Å²) in [6.07, 6.45) is 3.83. The lowest BCUT2D eigenvalue weighted by atomic mass is 10.1. The number of hydrogen-bond acceptors (Lipinski definition) is 4. The highest BCUT2D eigenvalue weighted by Gasteiger charge is 1.99. The van der Waals surface area contributed by atoms with Crippen molar-refractivity contribution in [2.24, 2.45) is 0 Å². The number of benzene rings is 1. The van der Waals surface area contributed by atoms with Crippen molar-refractivity contribution in [2.75, 3.05) is 18.6 Å². The summed E-state index contributed by atoms with van der Waals surface area (Å²) in [6.45, 7) is 1.56. The van der Waals surface area contributed by atoms with Crippen LogP contribution in [0, 0.1) is 0 Å². The van der Waals surface area contributed by atoms with E-state index in [1.807, 2.05) is 24.3 Å². The molecule has 1 rings (SSSR count). The van der Waals surface area contributed by atoms with Crippen LogP contribution in [0.4, 0.5) is 5.69 Å². The van der Waals surface area contributed by atoms with Crippen LogP contribution in [-0.4, -0.2) is 18.0 Å². The molecular formula is C12H15NO2S. The summed E-state index contributed by atoms with van der Waals surface area (Å²) < 4.78 is 5.20. The smallest absolute Gasteiger partial charge is 0.186 e. The number of nitrogens with two attached hydrogens (primary N) is 1. The first-order valence-electron chi connectivity index (χ1n) is 4.87. The van der Waals surface area contributed by atoms with Crippen LogP contribution in [-0.2, 0) is 4.79 Å². The third kappa shape index (κ3) is 3.98. The maximum atomic E-state index is 10.7. The Morgan fingerprint density at radius 3 is 2.94 bits per heavy atom. The molecule has 4 heteroatoms. The molecule has 0 fully saturated rings.